The fraction of sp³-hybridized carbons (Fsp3) is 0. The van der Waals surface area contributed by atoms with Crippen LogP contribution in [0.3, 0.4) is 0 Å². The smallest absolute Gasteiger partial charge is 0.0783 e. The molecule has 0 saturated carbocycles. The molecule has 4 nitrogen and oxygen atoms in total. The van der Waals surface area contributed by atoms with Crippen LogP contribution >= 0.6 is 0 Å². The maximum atomic E-state index is 2.59. The van der Waals surface area contributed by atoms with Gasteiger partial charge in [0.15, 0.2) is 0 Å². The zero-order valence-corrected chi connectivity index (χ0v) is 33.6. The van der Waals surface area contributed by atoms with Crippen molar-refractivity contribution in [3.63, 3.8) is 0 Å². The number of fused-ring (bicyclic) bond motifs is 15. The Bertz CT molecular complexity index is 3680. The molecule has 0 atom stereocenters. The first kappa shape index (κ1) is 33.5. The number of anilines is 6. The number of rotatable bonds is 6. The Hall–Kier alpha value is -8.34. The van der Waals surface area contributed by atoms with Gasteiger partial charge in [0.2, 0.25) is 0 Å². The highest BCUT2D eigenvalue weighted by Gasteiger charge is 2.27. The lowest BCUT2D eigenvalue weighted by atomic mass is 10.0. The van der Waals surface area contributed by atoms with E-state index in [1.54, 1.807) is 0 Å². The summed E-state index contributed by atoms with van der Waals surface area (Å²) in [7, 11) is 0. The van der Waals surface area contributed by atoms with E-state index in [4.69, 9.17) is 0 Å². The Labute approximate surface area is 356 Å². The van der Waals surface area contributed by atoms with E-state index in [0.29, 0.717) is 0 Å². The van der Waals surface area contributed by atoms with Gasteiger partial charge in [-0.1, -0.05) is 158 Å². The van der Waals surface area contributed by atoms with Gasteiger partial charge in [0, 0.05) is 76.6 Å². The lowest BCUT2D eigenvalue weighted by Gasteiger charge is -2.26. The van der Waals surface area contributed by atoms with E-state index in [1.807, 2.05) is 0 Å². The molecule has 0 fully saturated rings. The maximum absolute atomic E-state index is 2.59. The summed E-state index contributed by atoms with van der Waals surface area (Å²) in [6, 6.07) is 79.9. The first-order valence-corrected chi connectivity index (χ1v) is 21.4. The molecule has 0 bridgehead atoms. The molecule has 10 aromatic carbocycles. The van der Waals surface area contributed by atoms with Gasteiger partial charge in [-0.3, -0.25) is 0 Å². The van der Waals surface area contributed by atoms with Crippen LogP contribution in [0.4, 0.5) is 34.1 Å². The molecule has 0 saturated heterocycles. The SMILES string of the molecule is c1ccc(N(c2ccccc2)c2cccc3c4cccc5c6ccc7c(ccc8c9cccc%10c%11cccc(N(c%12ccccc%12)c%12ccccc%12)c%11n(c%109)c87)c6n(c23)c45)cc1. The molecule has 0 aliphatic rings. The van der Waals surface area contributed by atoms with E-state index in [0.717, 1.165) is 34.1 Å². The van der Waals surface area contributed by atoms with Gasteiger partial charge in [-0.15, -0.1) is 0 Å². The number of benzene rings is 10. The molecule has 62 heavy (non-hydrogen) atoms. The third kappa shape index (κ3) is 4.40. The molecule has 4 heteroatoms. The Balaban J connectivity index is 1.15. The molecule has 0 N–H and O–H groups in total. The maximum Gasteiger partial charge on any atom is 0.0783 e. The van der Waals surface area contributed by atoms with E-state index in [-0.39, 0.29) is 0 Å². The Morgan fingerprint density at radius 3 is 0.694 bits per heavy atom. The van der Waals surface area contributed by atoms with Crippen molar-refractivity contribution in [2.45, 2.75) is 0 Å². The number of nitrogens with zero attached hydrogens (tertiary/aromatic N) is 4. The minimum Gasteiger partial charge on any atom is -0.308 e. The molecular weight excluding hydrogens is 753 g/mol. The molecule has 4 heterocycles. The molecule has 0 aliphatic carbocycles. The molecule has 0 radical (unpaired) electrons. The molecule has 0 aliphatic heterocycles. The van der Waals surface area contributed by atoms with E-state index < -0.39 is 0 Å². The van der Waals surface area contributed by atoms with Gasteiger partial charge < -0.3 is 18.6 Å². The average Bonchev–Trinajstić information content (AvgIpc) is 4.08. The second-order valence-electron chi connectivity index (χ2n) is 16.5. The van der Waals surface area contributed by atoms with Gasteiger partial charge in [-0.05, 0) is 60.7 Å². The standard InChI is InChI=1S/C58H36N4/c1-5-17-37(18-6-1)59(38-19-7-2-8-20-38)51-31-15-29-45-41-25-13-27-43-47-33-36-50-49(55(47)61(53(41)43)57(45)51)35-34-48-44-28-14-26-42-46-30-16-32-52(58(46)62(54(42)44)56(48)50)60(39-21-9-3-10-22-39)40-23-11-4-12-24-40/h1-36H. The van der Waals surface area contributed by atoms with E-state index in [9.17, 15) is 0 Å². The van der Waals surface area contributed by atoms with E-state index in [1.165, 1.54) is 87.0 Å². The molecule has 288 valence electrons. The lowest BCUT2D eigenvalue weighted by molar-refractivity contribution is 1.27. The van der Waals surface area contributed by atoms with Gasteiger partial charge in [-0.2, -0.15) is 0 Å². The predicted octanol–water partition coefficient (Wildman–Crippen LogP) is 16.1. The van der Waals surface area contributed by atoms with Gasteiger partial charge in [-0.25, -0.2) is 0 Å². The van der Waals surface area contributed by atoms with Crippen molar-refractivity contribution in [2.75, 3.05) is 9.80 Å². The number of aromatic nitrogens is 2. The summed E-state index contributed by atoms with van der Waals surface area (Å²) >= 11 is 0. The topological polar surface area (TPSA) is 15.3 Å². The molecule has 4 aromatic heterocycles. The fourth-order valence-electron chi connectivity index (χ4n) is 10.9. The van der Waals surface area contributed by atoms with Crippen LogP contribution in [-0.4, -0.2) is 8.80 Å². The summed E-state index contributed by atoms with van der Waals surface area (Å²) in [4.78, 5) is 4.83. The van der Waals surface area contributed by atoms with E-state index in [2.05, 4.69) is 237 Å². The number of hydrogen-bond acceptors (Lipinski definition) is 2. The monoisotopic (exact) mass is 788 g/mol. The van der Waals surface area contributed by atoms with Crippen LogP contribution in [-0.2, 0) is 0 Å². The largest absolute Gasteiger partial charge is 0.308 e. The lowest BCUT2D eigenvalue weighted by Crippen LogP contribution is -2.10. The van der Waals surface area contributed by atoms with Crippen molar-refractivity contribution in [2.24, 2.45) is 0 Å². The van der Waals surface area contributed by atoms with Crippen LogP contribution in [0, 0.1) is 0 Å². The van der Waals surface area contributed by atoms with E-state index >= 15 is 0 Å². The second-order valence-corrected chi connectivity index (χ2v) is 16.5. The predicted molar refractivity (Wildman–Crippen MR) is 263 cm³/mol. The normalized spacial score (nSPS) is 12.2. The highest BCUT2D eigenvalue weighted by molar-refractivity contribution is 6.33. The minimum absolute atomic E-state index is 1.12. The van der Waals surface area contributed by atoms with Crippen molar-refractivity contribution in [3.05, 3.63) is 218 Å². The summed E-state index contributed by atoms with van der Waals surface area (Å²) in [5.74, 6) is 0. The van der Waals surface area contributed by atoms with Crippen molar-refractivity contribution >= 4 is 121 Å². The van der Waals surface area contributed by atoms with Crippen LogP contribution in [0.25, 0.3) is 87.0 Å². The third-order valence-electron chi connectivity index (χ3n) is 13.3. The van der Waals surface area contributed by atoms with Gasteiger partial charge in [0.05, 0.1) is 44.5 Å². The summed E-state index contributed by atoms with van der Waals surface area (Å²) < 4.78 is 5.17. The molecular formula is C58H36N4. The summed E-state index contributed by atoms with van der Waals surface area (Å²) in [5, 5.41) is 12.6. The molecule has 14 aromatic rings. The zero-order chi connectivity index (χ0) is 40.5. The first-order chi connectivity index (χ1) is 30.8. The minimum atomic E-state index is 1.12. The molecule has 0 amide bonds. The van der Waals surface area contributed by atoms with Crippen molar-refractivity contribution in [1.29, 1.82) is 0 Å². The Morgan fingerprint density at radius 2 is 0.419 bits per heavy atom. The van der Waals surface area contributed by atoms with Crippen LogP contribution in [0.1, 0.15) is 0 Å². The van der Waals surface area contributed by atoms with Gasteiger partial charge in [0.25, 0.3) is 0 Å². The van der Waals surface area contributed by atoms with Gasteiger partial charge >= 0.3 is 0 Å². The van der Waals surface area contributed by atoms with Crippen LogP contribution in [0.15, 0.2) is 218 Å². The zero-order valence-electron chi connectivity index (χ0n) is 33.6. The fourth-order valence-corrected chi connectivity index (χ4v) is 10.9. The summed E-state index contributed by atoms with van der Waals surface area (Å²) in [6.45, 7) is 0. The molecule has 14 rings (SSSR count). The number of hydrogen-bond donors (Lipinski definition) is 0. The quantitative estimate of drug-likeness (QED) is 0.167. The average molecular weight is 789 g/mol. The summed E-state index contributed by atoms with van der Waals surface area (Å²) in [5.41, 5.74) is 14.2. The summed E-state index contributed by atoms with van der Waals surface area (Å²) in [6.07, 6.45) is 0. The van der Waals surface area contributed by atoms with Crippen molar-refractivity contribution < 1.29 is 0 Å². The number of para-hydroxylation sites is 8. The van der Waals surface area contributed by atoms with Crippen LogP contribution in [0.5, 0.6) is 0 Å². The highest BCUT2D eigenvalue weighted by Crippen LogP contribution is 2.50. The second kappa shape index (κ2) is 12.6. The van der Waals surface area contributed by atoms with Crippen molar-refractivity contribution in [1.82, 2.24) is 8.80 Å². The molecule has 0 unspecified atom stereocenters. The molecule has 0 spiro atoms. The third-order valence-corrected chi connectivity index (χ3v) is 13.3. The van der Waals surface area contributed by atoms with Gasteiger partial charge in [0.1, 0.15) is 0 Å². The van der Waals surface area contributed by atoms with Crippen LogP contribution in [0.2, 0.25) is 0 Å². The van der Waals surface area contributed by atoms with Crippen LogP contribution < -0.4 is 9.80 Å². The Kier molecular flexibility index (Phi) is 6.80. The Morgan fingerprint density at radius 1 is 0.194 bits per heavy atom. The highest BCUT2D eigenvalue weighted by atomic mass is 15.2. The first-order valence-electron chi connectivity index (χ1n) is 21.4. The van der Waals surface area contributed by atoms with Crippen molar-refractivity contribution in [3.8, 4) is 0 Å².